The number of rotatable bonds is 1. The van der Waals surface area contributed by atoms with Crippen LogP contribution in [0.5, 0.6) is 0 Å². The highest BCUT2D eigenvalue weighted by atomic mass is 79.9. The third kappa shape index (κ3) is 2.11. The molecule has 0 atom stereocenters. The molecule has 0 fully saturated rings. The minimum Gasteiger partial charge on any atom is -0.207 e. The molecule has 16 heavy (non-hydrogen) atoms. The van der Waals surface area contributed by atoms with E-state index < -0.39 is 11.6 Å². The van der Waals surface area contributed by atoms with Crippen molar-refractivity contribution in [1.29, 1.82) is 0 Å². The quantitative estimate of drug-likeness (QED) is 0.692. The second kappa shape index (κ2) is 4.52. The first-order valence-corrected chi connectivity index (χ1v) is 5.66. The van der Waals surface area contributed by atoms with E-state index >= 15 is 0 Å². The molecular formula is C12H6BrClF2. The molecule has 0 aliphatic carbocycles. The lowest BCUT2D eigenvalue weighted by Gasteiger charge is -2.08. The molecule has 0 radical (unpaired) electrons. The van der Waals surface area contributed by atoms with E-state index in [1.807, 2.05) is 0 Å². The predicted molar refractivity (Wildman–Crippen MR) is 64.5 cm³/mol. The Morgan fingerprint density at radius 3 is 2.44 bits per heavy atom. The standard InChI is InChI=1S/C12H6BrClF2/c13-9-2-1-3-11(16)12(9)8-5-4-7(15)6-10(8)14/h1-6H. The van der Waals surface area contributed by atoms with Crippen LogP contribution in [0.4, 0.5) is 8.78 Å². The fourth-order valence-electron chi connectivity index (χ4n) is 1.45. The summed E-state index contributed by atoms with van der Waals surface area (Å²) in [5, 5.41) is 0.186. The summed E-state index contributed by atoms with van der Waals surface area (Å²) >= 11 is 9.12. The Bertz CT molecular complexity index is 520. The molecular weight excluding hydrogens is 297 g/mol. The average Bonchev–Trinajstić information content (AvgIpc) is 2.20. The zero-order chi connectivity index (χ0) is 11.7. The van der Waals surface area contributed by atoms with Crippen LogP contribution in [0.25, 0.3) is 11.1 Å². The molecule has 0 nitrogen and oxygen atoms in total. The lowest BCUT2D eigenvalue weighted by Crippen LogP contribution is -1.88. The minimum absolute atomic E-state index is 0.186. The Kier molecular flexibility index (Phi) is 3.26. The summed E-state index contributed by atoms with van der Waals surface area (Å²) in [7, 11) is 0. The zero-order valence-corrected chi connectivity index (χ0v) is 10.3. The first-order valence-electron chi connectivity index (χ1n) is 4.49. The van der Waals surface area contributed by atoms with Crippen LogP contribution in [-0.2, 0) is 0 Å². The van der Waals surface area contributed by atoms with Gasteiger partial charge in [0.25, 0.3) is 0 Å². The molecule has 0 heterocycles. The summed E-state index contributed by atoms with van der Waals surface area (Å²) in [6.45, 7) is 0. The minimum atomic E-state index is -0.443. The highest BCUT2D eigenvalue weighted by Gasteiger charge is 2.12. The van der Waals surface area contributed by atoms with Gasteiger partial charge in [-0.2, -0.15) is 0 Å². The summed E-state index contributed by atoms with van der Waals surface area (Å²) in [5.41, 5.74) is 0.806. The lowest BCUT2D eigenvalue weighted by molar-refractivity contribution is 0.625. The van der Waals surface area contributed by atoms with E-state index in [-0.39, 0.29) is 5.02 Å². The summed E-state index contributed by atoms with van der Waals surface area (Å²) in [5.74, 6) is -0.843. The van der Waals surface area contributed by atoms with E-state index in [0.29, 0.717) is 15.6 Å². The maximum Gasteiger partial charge on any atom is 0.132 e. The molecule has 0 aromatic heterocycles. The third-order valence-electron chi connectivity index (χ3n) is 2.16. The second-order valence-electron chi connectivity index (χ2n) is 3.22. The lowest BCUT2D eigenvalue weighted by atomic mass is 10.1. The van der Waals surface area contributed by atoms with Crippen LogP contribution in [0.15, 0.2) is 40.9 Å². The molecule has 0 aliphatic rings. The highest BCUT2D eigenvalue weighted by Crippen LogP contribution is 2.35. The highest BCUT2D eigenvalue weighted by molar-refractivity contribution is 9.10. The van der Waals surface area contributed by atoms with Crippen molar-refractivity contribution in [3.8, 4) is 11.1 Å². The fourth-order valence-corrected chi connectivity index (χ4v) is 2.26. The van der Waals surface area contributed by atoms with E-state index in [9.17, 15) is 8.78 Å². The number of halogens is 4. The van der Waals surface area contributed by atoms with E-state index in [0.717, 1.165) is 6.07 Å². The van der Waals surface area contributed by atoms with Crippen LogP contribution in [0.2, 0.25) is 5.02 Å². The van der Waals surface area contributed by atoms with Gasteiger partial charge in [-0.15, -0.1) is 0 Å². The largest absolute Gasteiger partial charge is 0.207 e. The van der Waals surface area contributed by atoms with Crippen molar-refractivity contribution in [2.24, 2.45) is 0 Å². The molecule has 0 bridgehead atoms. The Morgan fingerprint density at radius 2 is 1.81 bits per heavy atom. The molecule has 4 heteroatoms. The summed E-state index contributed by atoms with van der Waals surface area (Å²) in [6, 6.07) is 8.49. The summed E-state index contributed by atoms with van der Waals surface area (Å²) in [6.07, 6.45) is 0. The van der Waals surface area contributed by atoms with Gasteiger partial charge in [0, 0.05) is 15.6 Å². The van der Waals surface area contributed by atoms with Gasteiger partial charge in [-0.05, 0) is 30.3 Å². The average molecular weight is 304 g/mol. The monoisotopic (exact) mass is 302 g/mol. The molecule has 2 rings (SSSR count). The number of hydrogen-bond donors (Lipinski definition) is 0. The molecule has 0 amide bonds. The maximum absolute atomic E-state index is 13.6. The third-order valence-corrected chi connectivity index (χ3v) is 3.14. The van der Waals surface area contributed by atoms with Gasteiger partial charge in [0.05, 0.1) is 5.02 Å². The van der Waals surface area contributed by atoms with Crippen molar-refractivity contribution in [1.82, 2.24) is 0 Å². The first-order chi connectivity index (χ1) is 7.59. The molecule has 0 saturated heterocycles. The molecule has 0 N–H and O–H groups in total. The van der Waals surface area contributed by atoms with Gasteiger partial charge < -0.3 is 0 Å². The first kappa shape index (κ1) is 11.6. The number of benzene rings is 2. The number of hydrogen-bond acceptors (Lipinski definition) is 0. The van der Waals surface area contributed by atoms with Crippen molar-refractivity contribution in [2.45, 2.75) is 0 Å². The zero-order valence-electron chi connectivity index (χ0n) is 7.98. The van der Waals surface area contributed by atoms with E-state index in [2.05, 4.69) is 15.9 Å². The summed E-state index contributed by atoms with van der Waals surface area (Å²) < 4.78 is 27.1. The van der Waals surface area contributed by atoms with Gasteiger partial charge in [0.2, 0.25) is 0 Å². The molecule has 2 aromatic carbocycles. The van der Waals surface area contributed by atoms with Crippen LogP contribution in [0, 0.1) is 11.6 Å². The Morgan fingerprint density at radius 1 is 1.06 bits per heavy atom. The van der Waals surface area contributed by atoms with Crippen molar-refractivity contribution in [3.63, 3.8) is 0 Å². The Hall–Kier alpha value is -0.930. The predicted octanol–water partition coefficient (Wildman–Crippen LogP) is 5.05. The van der Waals surface area contributed by atoms with E-state index in [1.54, 1.807) is 12.1 Å². The van der Waals surface area contributed by atoms with Gasteiger partial charge in [-0.3, -0.25) is 0 Å². The van der Waals surface area contributed by atoms with E-state index in [1.165, 1.54) is 18.2 Å². The van der Waals surface area contributed by atoms with Gasteiger partial charge in [-0.1, -0.05) is 33.6 Å². The van der Waals surface area contributed by atoms with E-state index in [4.69, 9.17) is 11.6 Å². The van der Waals surface area contributed by atoms with Crippen LogP contribution in [-0.4, -0.2) is 0 Å². The van der Waals surface area contributed by atoms with Crippen LogP contribution in [0.3, 0.4) is 0 Å². The topological polar surface area (TPSA) is 0 Å². The molecule has 0 saturated carbocycles. The molecule has 0 spiro atoms. The molecule has 82 valence electrons. The van der Waals surface area contributed by atoms with Crippen molar-refractivity contribution >= 4 is 27.5 Å². The molecule has 0 unspecified atom stereocenters. The van der Waals surface area contributed by atoms with Crippen molar-refractivity contribution in [2.75, 3.05) is 0 Å². The van der Waals surface area contributed by atoms with Crippen molar-refractivity contribution < 1.29 is 8.78 Å². The normalized spacial score (nSPS) is 10.5. The Labute approximate surface area is 105 Å². The van der Waals surface area contributed by atoms with Gasteiger partial charge >= 0.3 is 0 Å². The van der Waals surface area contributed by atoms with Crippen LogP contribution < -0.4 is 0 Å². The van der Waals surface area contributed by atoms with Crippen molar-refractivity contribution in [3.05, 3.63) is 57.5 Å². The van der Waals surface area contributed by atoms with Crippen LogP contribution in [0.1, 0.15) is 0 Å². The maximum atomic E-state index is 13.6. The molecule has 2 aromatic rings. The van der Waals surface area contributed by atoms with Gasteiger partial charge in [0.1, 0.15) is 11.6 Å². The summed E-state index contributed by atoms with van der Waals surface area (Å²) in [4.78, 5) is 0. The van der Waals surface area contributed by atoms with Crippen LogP contribution >= 0.6 is 27.5 Å². The second-order valence-corrected chi connectivity index (χ2v) is 4.48. The van der Waals surface area contributed by atoms with Gasteiger partial charge in [-0.25, -0.2) is 8.78 Å². The smallest absolute Gasteiger partial charge is 0.132 e. The molecule has 0 aliphatic heterocycles. The fraction of sp³-hybridized carbons (Fsp3) is 0. The Balaban J connectivity index is 2.68. The van der Waals surface area contributed by atoms with Gasteiger partial charge in [0.15, 0.2) is 0 Å². The SMILES string of the molecule is Fc1ccc(-c2c(F)cccc2Br)c(Cl)c1.